The molecular formula is C15H13F2NO2S. The molecule has 0 saturated heterocycles. The third kappa shape index (κ3) is 4.19. The Balaban J connectivity index is 1.96. The molecule has 0 aromatic heterocycles. The summed E-state index contributed by atoms with van der Waals surface area (Å²) in [6.45, 7) is 0. The number of anilines is 1. The number of benzene rings is 2. The van der Waals surface area contributed by atoms with E-state index in [1.165, 1.54) is 13.2 Å². The Kier molecular flexibility index (Phi) is 5.16. The molecule has 3 nitrogen and oxygen atoms in total. The van der Waals surface area contributed by atoms with Gasteiger partial charge >= 0.3 is 0 Å². The van der Waals surface area contributed by atoms with Gasteiger partial charge in [-0.15, -0.1) is 11.8 Å². The van der Waals surface area contributed by atoms with Crippen LogP contribution in [0.2, 0.25) is 0 Å². The van der Waals surface area contributed by atoms with Gasteiger partial charge in [0.05, 0.1) is 18.6 Å². The second kappa shape index (κ2) is 7.08. The first kappa shape index (κ1) is 15.3. The summed E-state index contributed by atoms with van der Waals surface area (Å²) in [7, 11) is 1.51. The van der Waals surface area contributed by atoms with Crippen LogP contribution in [-0.2, 0) is 4.79 Å². The predicted octanol–water partition coefficient (Wildman–Crippen LogP) is 3.70. The van der Waals surface area contributed by atoms with E-state index in [1.54, 1.807) is 24.3 Å². The van der Waals surface area contributed by atoms with Crippen molar-refractivity contribution in [2.45, 2.75) is 4.90 Å². The second-order valence-electron chi connectivity index (χ2n) is 4.11. The van der Waals surface area contributed by atoms with Crippen molar-refractivity contribution in [1.29, 1.82) is 0 Å². The highest BCUT2D eigenvalue weighted by Gasteiger charge is 2.10. The van der Waals surface area contributed by atoms with Crippen molar-refractivity contribution in [2.75, 3.05) is 18.2 Å². The highest BCUT2D eigenvalue weighted by molar-refractivity contribution is 8.00. The zero-order chi connectivity index (χ0) is 15.2. The Labute approximate surface area is 125 Å². The number of nitrogens with one attached hydrogen (secondary N) is 1. The Hall–Kier alpha value is -2.08. The average Bonchev–Trinajstić information content (AvgIpc) is 2.47. The van der Waals surface area contributed by atoms with Gasteiger partial charge in [0, 0.05) is 11.0 Å². The van der Waals surface area contributed by atoms with Crippen molar-refractivity contribution in [3.8, 4) is 5.75 Å². The number of thioether (sulfide) groups is 1. The van der Waals surface area contributed by atoms with Gasteiger partial charge in [0.1, 0.15) is 17.4 Å². The lowest BCUT2D eigenvalue weighted by molar-refractivity contribution is -0.113. The molecular weight excluding hydrogens is 296 g/mol. The summed E-state index contributed by atoms with van der Waals surface area (Å²) in [5.41, 5.74) is 0.546. The molecule has 0 unspecified atom stereocenters. The van der Waals surface area contributed by atoms with Gasteiger partial charge in [-0.05, 0) is 24.3 Å². The number of rotatable bonds is 5. The van der Waals surface area contributed by atoms with E-state index in [4.69, 9.17) is 4.74 Å². The Morgan fingerprint density at radius 3 is 2.71 bits per heavy atom. The molecule has 110 valence electrons. The molecule has 0 saturated carbocycles. The largest absolute Gasteiger partial charge is 0.495 e. The molecule has 1 amide bonds. The van der Waals surface area contributed by atoms with E-state index >= 15 is 0 Å². The molecule has 2 aromatic rings. The van der Waals surface area contributed by atoms with E-state index in [0.717, 1.165) is 23.9 Å². The first-order valence-corrected chi connectivity index (χ1v) is 7.09. The van der Waals surface area contributed by atoms with Crippen LogP contribution in [0.15, 0.2) is 47.4 Å². The van der Waals surface area contributed by atoms with E-state index in [0.29, 0.717) is 11.4 Å². The topological polar surface area (TPSA) is 38.3 Å². The minimum atomic E-state index is -0.676. The fourth-order valence-corrected chi connectivity index (χ4v) is 2.39. The number of carbonyl (C=O) groups is 1. The lowest BCUT2D eigenvalue weighted by Gasteiger charge is -2.09. The Morgan fingerprint density at radius 2 is 2.00 bits per heavy atom. The van der Waals surface area contributed by atoms with Crippen LogP contribution in [0, 0.1) is 11.6 Å². The maximum Gasteiger partial charge on any atom is 0.234 e. The Morgan fingerprint density at radius 1 is 1.24 bits per heavy atom. The molecule has 2 aromatic carbocycles. The van der Waals surface area contributed by atoms with E-state index in [2.05, 4.69) is 5.32 Å². The van der Waals surface area contributed by atoms with Crippen molar-refractivity contribution >= 4 is 23.4 Å². The van der Waals surface area contributed by atoms with Gasteiger partial charge in [-0.2, -0.15) is 0 Å². The average molecular weight is 309 g/mol. The summed E-state index contributed by atoms with van der Waals surface area (Å²) in [6.07, 6.45) is 0. The monoisotopic (exact) mass is 309 g/mol. The number of carbonyl (C=O) groups excluding carboxylic acids is 1. The van der Waals surface area contributed by atoms with Crippen molar-refractivity contribution in [3.05, 3.63) is 54.1 Å². The van der Waals surface area contributed by atoms with Crippen LogP contribution in [0.5, 0.6) is 5.75 Å². The molecule has 0 atom stereocenters. The smallest absolute Gasteiger partial charge is 0.234 e. The normalized spacial score (nSPS) is 10.2. The highest BCUT2D eigenvalue weighted by Crippen LogP contribution is 2.25. The summed E-state index contributed by atoms with van der Waals surface area (Å²) in [4.78, 5) is 12.1. The second-order valence-corrected chi connectivity index (χ2v) is 5.13. The van der Waals surface area contributed by atoms with Crippen LogP contribution in [0.25, 0.3) is 0 Å². The van der Waals surface area contributed by atoms with Crippen LogP contribution in [-0.4, -0.2) is 18.8 Å². The number of hydrogen-bond donors (Lipinski definition) is 1. The molecule has 1 N–H and O–H groups in total. The van der Waals surface area contributed by atoms with Gasteiger partial charge in [0.25, 0.3) is 0 Å². The summed E-state index contributed by atoms with van der Waals surface area (Å²) < 4.78 is 31.3. The van der Waals surface area contributed by atoms with Gasteiger partial charge in [-0.3, -0.25) is 4.79 Å². The van der Waals surface area contributed by atoms with Crippen molar-refractivity contribution in [2.24, 2.45) is 0 Å². The zero-order valence-electron chi connectivity index (χ0n) is 11.2. The first-order valence-electron chi connectivity index (χ1n) is 6.11. The van der Waals surface area contributed by atoms with Gasteiger partial charge < -0.3 is 10.1 Å². The third-order valence-electron chi connectivity index (χ3n) is 2.63. The van der Waals surface area contributed by atoms with E-state index in [-0.39, 0.29) is 16.6 Å². The predicted molar refractivity (Wildman–Crippen MR) is 78.7 cm³/mol. The fourth-order valence-electron chi connectivity index (χ4n) is 1.67. The molecule has 0 aliphatic carbocycles. The van der Waals surface area contributed by atoms with Crippen LogP contribution in [0.3, 0.4) is 0 Å². The van der Waals surface area contributed by atoms with E-state index in [1.807, 2.05) is 0 Å². The minimum absolute atomic E-state index is 0.0145. The summed E-state index contributed by atoms with van der Waals surface area (Å²) in [5.74, 6) is -1.06. The molecule has 2 rings (SSSR count). The SMILES string of the molecule is COc1ccccc1NC(=O)CSc1ccc(F)cc1F. The lowest BCUT2D eigenvalue weighted by Crippen LogP contribution is -2.14. The molecule has 21 heavy (non-hydrogen) atoms. The van der Waals surface area contributed by atoms with Crippen molar-refractivity contribution in [1.82, 2.24) is 0 Å². The number of para-hydroxylation sites is 2. The van der Waals surface area contributed by atoms with Crippen LogP contribution in [0.1, 0.15) is 0 Å². The van der Waals surface area contributed by atoms with Gasteiger partial charge in [-0.25, -0.2) is 8.78 Å². The van der Waals surface area contributed by atoms with Crippen LogP contribution >= 0.6 is 11.8 Å². The quantitative estimate of drug-likeness (QED) is 0.856. The molecule has 0 spiro atoms. The Bertz CT molecular complexity index is 649. The van der Waals surface area contributed by atoms with Gasteiger partial charge in [-0.1, -0.05) is 12.1 Å². The lowest BCUT2D eigenvalue weighted by atomic mass is 10.3. The molecule has 0 radical (unpaired) electrons. The maximum atomic E-state index is 13.4. The highest BCUT2D eigenvalue weighted by atomic mass is 32.2. The standard InChI is InChI=1S/C15H13F2NO2S/c1-20-13-5-3-2-4-12(13)18-15(19)9-21-14-7-6-10(16)8-11(14)17/h2-8H,9H2,1H3,(H,18,19). The molecule has 6 heteroatoms. The first-order chi connectivity index (χ1) is 10.1. The number of hydrogen-bond acceptors (Lipinski definition) is 3. The van der Waals surface area contributed by atoms with Crippen molar-refractivity contribution < 1.29 is 18.3 Å². The number of amides is 1. The van der Waals surface area contributed by atoms with E-state index in [9.17, 15) is 13.6 Å². The maximum absolute atomic E-state index is 13.4. The number of methoxy groups -OCH3 is 1. The summed E-state index contributed by atoms with van der Waals surface area (Å²) >= 11 is 1.00. The summed E-state index contributed by atoms with van der Waals surface area (Å²) in [6, 6.07) is 10.3. The zero-order valence-corrected chi connectivity index (χ0v) is 12.0. The molecule has 0 fully saturated rings. The van der Waals surface area contributed by atoms with Gasteiger partial charge in [0.15, 0.2) is 0 Å². The molecule has 0 bridgehead atoms. The fraction of sp³-hybridized carbons (Fsp3) is 0.133. The van der Waals surface area contributed by atoms with E-state index < -0.39 is 11.6 Å². The van der Waals surface area contributed by atoms with Crippen LogP contribution < -0.4 is 10.1 Å². The number of halogens is 2. The minimum Gasteiger partial charge on any atom is -0.495 e. The summed E-state index contributed by atoms with van der Waals surface area (Å²) in [5, 5.41) is 2.68. The third-order valence-corrected chi connectivity index (χ3v) is 3.68. The van der Waals surface area contributed by atoms with Gasteiger partial charge in [0.2, 0.25) is 5.91 Å². The molecule has 0 aliphatic rings. The van der Waals surface area contributed by atoms with Crippen LogP contribution in [0.4, 0.5) is 14.5 Å². The molecule has 0 aliphatic heterocycles. The molecule has 0 heterocycles. The number of ether oxygens (including phenoxy) is 1. The van der Waals surface area contributed by atoms with Crippen molar-refractivity contribution in [3.63, 3.8) is 0 Å².